The van der Waals surface area contributed by atoms with Crippen LogP contribution in [0.1, 0.15) is 18.2 Å². The van der Waals surface area contributed by atoms with Crippen LogP contribution in [0.25, 0.3) is 0 Å². The Balaban J connectivity index is 2.13. The van der Waals surface area contributed by atoms with Crippen molar-refractivity contribution in [3.63, 3.8) is 0 Å². The molecule has 0 aliphatic heterocycles. The minimum absolute atomic E-state index is 0.194. The lowest BCUT2D eigenvalue weighted by Crippen LogP contribution is -2.24. The van der Waals surface area contributed by atoms with E-state index in [0.29, 0.717) is 18.8 Å². The van der Waals surface area contributed by atoms with E-state index in [-0.39, 0.29) is 10.6 Å². The van der Waals surface area contributed by atoms with E-state index in [1.165, 1.54) is 4.68 Å². The third kappa shape index (κ3) is 3.58. The van der Waals surface area contributed by atoms with Crippen LogP contribution >= 0.6 is 38.9 Å². The second-order valence-corrected chi connectivity index (χ2v) is 6.27. The summed E-state index contributed by atoms with van der Waals surface area (Å²) in [6.07, 6.45) is 2.45. The maximum absolute atomic E-state index is 11.9. The first-order valence-electron chi connectivity index (χ1n) is 5.84. The molecule has 0 bridgehead atoms. The Bertz CT molecular complexity index is 626. The number of aromatic nitrogens is 2. The monoisotopic (exact) mass is 361 g/mol. The van der Waals surface area contributed by atoms with Crippen LogP contribution in [-0.4, -0.2) is 9.78 Å². The van der Waals surface area contributed by atoms with E-state index in [2.05, 4.69) is 26.3 Å². The van der Waals surface area contributed by atoms with Crippen molar-refractivity contribution in [2.45, 2.75) is 26.4 Å². The zero-order valence-electron chi connectivity index (χ0n) is 10.3. The first-order chi connectivity index (χ1) is 9.11. The van der Waals surface area contributed by atoms with Gasteiger partial charge in [0.2, 0.25) is 0 Å². The number of hydrogen-bond donors (Lipinski definition) is 1. The van der Waals surface area contributed by atoms with Crippen LogP contribution in [0.2, 0.25) is 5.02 Å². The zero-order chi connectivity index (χ0) is 13.8. The largest absolute Gasteiger partial charge is 0.377 e. The van der Waals surface area contributed by atoms with Gasteiger partial charge in [0.1, 0.15) is 5.02 Å². The molecular formula is C12H13BrClN3OS. The minimum atomic E-state index is -0.249. The summed E-state index contributed by atoms with van der Waals surface area (Å²) in [6.45, 7) is 3.19. The molecule has 2 rings (SSSR count). The van der Waals surface area contributed by atoms with Gasteiger partial charge in [0.15, 0.2) is 0 Å². The first-order valence-corrected chi connectivity index (χ1v) is 7.89. The van der Waals surface area contributed by atoms with Crippen molar-refractivity contribution in [3.05, 3.63) is 42.4 Å². The molecule has 0 unspecified atom stereocenters. The van der Waals surface area contributed by atoms with Gasteiger partial charge in [-0.25, -0.2) is 4.68 Å². The summed E-state index contributed by atoms with van der Waals surface area (Å²) in [5.74, 6) is 0. The Morgan fingerprint density at radius 2 is 2.37 bits per heavy atom. The number of anilines is 1. The van der Waals surface area contributed by atoms with Crippen molar-refractivity contribution in [2.24, 2.45) is 0 Å². The molecule has 7 heteroatoms. The molecule has 0 fully saturated rings. The van der Waals surface area contributed by atoms with Gasteiger partial charge in [0, 0.05) is 27.8 Å². The fraction of sp³-hybridized carbons (Fsp3) is 0.333. The Morgan fingerprint density at radius 3 is 3.00 bits per heavy atom. The smallest absolute Gasteiger partial charge is 0.287 e. The van der Waals surface area contributed by atoms with Crippen molar-refractivity contribution >= 4 is 44.6 Å². The van der Waals surface area contributed by atoms with E-state index in [1.54, 1.807) is 17.5 Å². The third-order valence-electron chi connectivity index (χ3n) is 2.50. The molecule has 102 valence electrons. The number of thiophene rings is 1. The van der Waals surface area contributed by atoms with Gasteiger partial charge in [-0.3, -0.25) is 4.79 Å². The first kappa shape index (κ1) is 14.6. The number of nitrogens with zero attached hydrogens (tertiary/aromatic N) is 2. The van der Waals surface area contributed by atoms with Gasteiger partial charge in [-0.15, -0.1) is 11.3 Å². The van der Waals surface area contributed by atoms with Gasteiger partial charge in [-0.2, -0.15) is 5.10 Å². The van der Waals surface area contributed by atoms with Gasteiger partial charge in [0.05, 0.1) is 11.9 Å². The number of nitrogens with one attached hydrogen (secondary N) is 1. The third-order valence-corrected chi connectivity index (χ3v) is 4.56. The van der Waals surface area contributed by atoms with Crippen LogP contribution in [0.15, 0.2) is 26.9 Å². The average Bonchev–Trinajstić information content (AvgIpc) is 2.80. The molecule has 2 aromatic rings. The number of halogens is 2. The Kier molecular flexibility index (Phi) is 5.01. The van der Waals surface area contributed by atoms with Crippen LogP contribution < -0.4 is 10.9 Å². The highest BCUT2D eigenvalue weighted by molar-refractivity contribution is 9.10. The summed E-state index contributed by atoms with van der Waals surface area (Å²) in [7, 11) is 0. The lowest BCUT2D eigenvalue weighted by atomic mass is 10.4. The molecule has 2 aromatic heterocycles. The van der Waals surface area contributed by atoms with Crippen LogP contribution in [0.4, 0.5) is 5.69 Å². The topological polar surface area (TPSA) is 46.9 Å². The maximum Gasteiger partial charge on any atom is 0.287 e. The standard InChI is InChI=1S/C12H13BrClN3OS/c1-2-3-17-12(18)11(14)10(6-16-17)15-5-9-4-8(13)7-19-9/h4,6-7,15H,2-3,5H2,1H3. The average molecular weight is 363 g/mol. The Morgan fingerprint density at radius 1 is 1.58 bits per heavy atom. The molecule has 4 nitrogen and oxygen atoms in total. The summed E-state index contributed by atoms with van der Waals surface area (Å²) in [5, 5.41) is 9.44. The van der Waals surface area contributed by atoms with Gasteiger partial charge >= 0.3 is 0 Å². The summed E-state index contributed by atoms with van der Waals surface area (Å²) in [6, 6.07) is 2.03. The molecule has 1 N–H and O–H groups in total. The van der Waals surface area contributed by atoms with Crippen LogP contribution in [0.5, 0.6) is 0 Å². The van der Waals surface area contributed by atoms with E-state index in [4.69, 9.17) is 11.6 Å². The molecular weight excluding hydrogens is 350 g/mol. The van der Waals surface area contributed by atoms with Gasteiger partial charge in [-0.1, -0.05) is 18.5 Å². The predicted molar refractivity (Wildman–Crippen MR) is 83.1 cm³/mol. The zero-order valence-corrected chi connectivity index (χ0v) is 13.5. The van der Waals surface area contributed by atoms with Crippen molar-refractivity contribution < 1.29 is 0 Å². The molecule has 0 aromatic carbocycles. The molecule has 0 radical (unpaired) electrons. The molecule has 0 atom stereocenters. The van der Waals surface area contributed by atoms with Gasteiger partial charge < -0.3 is 5.32 Å². The normalized spacial score (nSPS) is 10.7. The fourth-order valence-corrected chi connectivity index (χ4v) is 3.19. The second kappa shape index (κ2) is 6.54. The SMILES string of the molecule is CCCn1ncc(NCc2cc(Br)cs2)c(Cl)c1=O. The highest BCUT2D eigenvalue weighted by atomic mass is 79.9. The van der Waals surface area contributed by atoms with Crippen LogP contribution in [0, 0.1) is 0 Å². The molecule has 0 aliphatic carbocycles. The van der Waals surface area contributed by atoms with E-state index < -0.39 is 0 Å². The lowest BCUT2D eigenvalue weighted by molar-refractivity contribution is 0.568. The van der Waals surface area contributed by atoms with Crippen molar-refractivity contribution in [1.82, 2.24) is 9.78 Å². The minimum Gasteiger partial charge on any atom is -0.377 e. The maximum atomic E-state index is 11.9. The summed E-state index contributed by atoms with van der Waals surface area (Å²) < 4.78 is 2.44. The van der Waals surface area contributed by atoms with E-state index in [0.717, 1.165) is 15.8 Å². The molecule has 0 saturated carbocycles. The van der Waals surface area contributed by atoms with Crippen LogP contribution in [0.3, 0.4) is 0 Å². The Labute approximate surface area is 128 Å². The molecule has 0 amide bonds. The highest BCUT2D eigenvalue weighted by Crippen LogP contribution is 2.22. The number of aryl methyl sites for hydroxylation is 1. The second-order valence-electron chi connectivity index (χ2n) is 3.99. The molecule has 0 spiro atoms. The van der Waals surface area contributed by atoms with Gasteiger partial charge in [-0.05, 0) is 28.4 Å². The number of rotatable bonds is 5. The lowest BCUT2D eigenvalue weighted by Gasteiger charge is -2.08. The van der Waals surface area contributed by atoms with E-state index in [9.17, 15) is 4.79 Å². The van der Waals surface area contributed by atoms with Gasteiger partial charge in [0.25, 0.3) is 5.56 Å². The number of hydrogen-bond acceptors (Lipinski definition) is 4. The van der Waals surface area contributed by atoms with E-state index in [1.807, 2.05) is 18.4 Å². The predicted octanol–water partition coefficient (Wildman–Crippen LogP) is 3.74. The quantitative estimate of drug-likeness (QED) is 0.881. The highest BCUT2D eigenvalue weighted by Gasteiger charge is 2.08. The molecule has 0 aliphatic rings. The molecule has 19 heavy (non-hydrogen) atoms. The summed E-state index contributed by atoms with van der Waals surface area (Å²) in [5.41, 5.74) is 0.324. The van der Waals surface area contributed by atoms with E-state index >= 15 is 0 Å². The summed E-state index contributed by atoms with van der Waals surface area (Å²) in [4.78, 5) is 13.1. The Hall–Kier alpha value is -0.850. The van der Waals surface area contributed by atoms with Crippen molar-refractivity contribution in [3.8, 4) is 0 Å². The molecule has 2 heterocycles. The van der Waals surface area contributed by atoms with Crippen LogP contribution in [-0.2, 0) is 13.1 Å². The fourth-order valence-electron chi connectivity index (χ4n) is 1.59. The van der Waals surface area contributed by atoms with Crippen molar-refractivity contribution in [1.29, 1.82) is 0 Å². The van der Waals surface area contributed by atoms with Crippen molar-refractivity contribution in [2.75, 3.05) is 5.32 Å². The molecule has 0 saturated heterocycles. The summed E-state index contributed by atoms with van der Waals surface area (Å²) >= 11 is 11.1.